The molecule has 1 heterocycles. The zero-order chi connectivity index (χ0) is 18.5. The third-order valence-corrected chi connectivity index (χ3v) is 5.10. The molecule has 0 N–H and O–H groups in total. The predicted octanol–water partition coefficient (Wildman–Crippen LogP) is 4.99. The number of ether oxygens (including phenoxy) is 1. The Kier molecular flexibility index (Phi) is 5.95. The second kappa shape index (κ2) is 8.37. The Labute approximate surface area is 161 Å². The highest BCUT2D eigenvalue weighted by Gasteiger charge is 2.09. The fourth-order valence-corrected chi connectivity index (χ4v) is 3.46. The number of rotatable bonds is 5. The minimum atomic E-state index is -2.84. The van der Waals surface area contributed by atoms with E-state index in [-0.39, 0.29) is 5.75 Å². The lowest BCUT2D eigenvalue weighted by molar-refractivity contribution is -0.0498. The van der Waals surface area contributed by atoms with Crippen molar-refractivity contribution in [2.45, 2.75) is 6.61 Å². The van der Waals surface area contributed by atoms with Gasteiger partial charge in [0.2, 0.25) is 4.80 Å². The van der Waals surface area contributed by atoms with Crippen molar-refractivity contribution in [3.8, 4) is 17.0 Å². The average molecular weight is 438 g/mol. The van der Waals surface area contributed by atoms with Crippen molar-refractivity contribution < 1.29 is 13.5 Å². The normalized spacial score (nSPS) is 12.3. The SMILES string of the molecule is CN=c1scc(-c2ccc(OC(F)F)cc2)n1/N=C\c1ccccc1Br. The van der Waals surface area contributed by atoms with E-state index in [1.54, 1.807) is 30.1 Å². The summed E-state index contributed by atoms with van der Waals surface area (Å²) < 4.78 is 31.6. The molecule has 0 aliphatic heterocycles. The Bertz CT molecular complexity index is 981. The van der Waals surface area contributed by atoms with E-state index in [9.17, 15) is 8.78 Å². The topological polar surface area (TPSA) is 38.9 Å². The van der Waals surface area contributed by atoms with E-state index in [1.165, 1.54) is 23.5 Å². The molecule has 1 aromatic heterocycles. The monoisotopic (exact) mass is 437 g/mol. The summed E-state index contributed by atoms with van der Waals surface area (Å²) in [5, 5.41) is 6.46. The van der Waals surface area contributed by atoms with Crippen LogP contribution in [0.5, 0.6) is 5.75 Å². The molecular formula is C18H14BrF2N3OS. The molecule has 0 radical (unpaired) electrons. The fraction of sp³-hybridized carbons (Fsp3) is 0.111. The molecule has 2 aromatic carbocycles. The molecule has 0 aliphatic rings. The van der Waals surface area contributed by atoms with Crippen molar-refractivity contribution in [1.29, 1.82) is 0 Å². The van der Waals surface area contributed by atoms with Crippen LogP contribution in [-0.2, 0) is 0 Å². The molecule has 8 heteroatoms. The highest BCUT2D eigenvalue weighted by atomic mass is 79.9. The average Bonchev–Trinajstić information content (AvgIpc) is 3.04. The van der Waals surface area contributed by atoms with Gasteiger partial charge in [0.15, 0.2) is 0 Å². The summed E-state index contributed by atoms with van der Waals surface area (Å²) in [5.74, 6) is 0.114. The van der Waals surface area contributed by atoms with E-state index in [0.717, 1.165) is 26.1 Å². The molecule has 0 unspecified atom stereocenters. The highest BCUT2D eigenvalue weighted by molar-refractivity contribution is 9.10. The van der Waals surface area contributed by atoms with Gasteiger partial charge in [-0.1, -0.05) is 34.1 Å². The predicted molar refractivity (Wildman–Crippen MR) is 103 cm³/mol. The molecule has 3 aromatic rings. The number of benzene rings is 2. The Morgan fingerprint density at radius 2 is 1.88 bits per heavy atom. The molecule has 3 rings (SSSR count). The van der Waals surface area contributed by atoms with Crippen molar-refractivity contribution in [2.75, 3.05) is 7.05 Å². The Morgan fingerprint density at radius 3 is 2.54 bits per heavy atom. The zero-order valence-electron chi connectivity index (χ0n) is 13.6. The minimum Gasteiger partial charge on any atom is -0.435 e. The molecule has 134 valence electrons. The Balaban J connectivity index is 1.97. The number of thiazole rings is 1. The van der Waals surface area contributed by atoms with Crippen molar-refractivity contribution in [3.63, 3.8) is 0 Å². The van der Waals surface area contributed by atoms with Gasteiger partial charge >= 0.3 is 6.61 Å². The molecular weight excluding hydrogens is 424 g/mol. The smallest absolute Gasteiger partial charge is 0.387 e. The molecule has 26 heavy (non-hydrogen) atoms. The third-order valence-electron chi connectivity index (χ3n) is 3.47. The van der Waals surface area contributed by atoms with Gasteiger partial charge in [0.05, 0.1) is 11.9 Å². The van der Waals surface area contributed by atoms with Gasteiger partial charge in [0.25, 0.3) is 0 Å². The van der Waals surface area contributed by atoms with E-state index in [1.807, 2.05) is 29.6 Å². The van der Waals surface area contributed by atoms with Crippen LogP contribution in [0.25, 0.3) is 11.3 Å². The van der Waals surface area contributed by atoms with Crippen LogP contribution in [0, 0.1) is 0 Å². The van der Waals surface area contributed by atoms with E-state index in [2.05, 4.69) is 30.8 Å². The lowest BCUT2D eigenvalue weighted by Gasteiger charge is -2.07. The molecule has 0 bridgehead atoms. The van der Waals surface area contributed by atoms with Gasteiger partial charge in [-0.3, -0.25) is 4.99 Å². The van der Waals surface area contributed by atoms with E-state index in [4.69, 9.17) is 0 Å². The van der Waals surface area contributed by atoms with Gasteiger partial charge in [0.1, 0.15) is 5.75 Å². The largest absolute Gasteiger partial charge is 0.435 e. The summed E-state index contributed by atoms with van der Waals surface area (Å²) in [4.78, 5) is 4.96. The summed E-state index contributed by atoms with van der Waals surface area (Å²) in [6.07, 6.45) is 1.74. The molecule has 4 nitrogen and oxygen atoms in total. The molecule has 0 fully saturated rings. The molecule has 0 spiro atoms. The number of alkyl halides is 2. The van der Waals surface area contributed by atoms with Crippen LogP contribution in [0.2, 0.25) is 0 Å². The first-order valence-corrected chi connectivity index (χ1v) is 9.23. The van der Waals surface area contributed by atoms with Crippen LogP contribution >= 0.6 is 27.3 Å². The maximum atomic E-state index is 12.3. The summed E-state index contributed by atoms with van der Waals surface area (Å²) >= 11 is 4.94. The van der Waals surface area contributed by atoms with E-state index in [0.29, 0.717) is 0 Å². The first-order valence-electron chi connectivity index (χ1n) is 7.56. The highest BCUT2D eigenvalue weighted by Crippen LogP contribution is 2.24. The van der Waals surface area contributed by atoms with Crippen molar-refractivity contribution in [1.82, 2.24) is 4.68 Å². The molecule has 0 atom stereocenters. The zero-order valence-corrected chi connectivity index (χ0v) is 16.0. The lowest BCUT2D eigenvalue weighted by Crippen LogP contribution is -2.11. The lowest BCUT2D eigenvalue weighted by atomic mass is 10.2. The number of hydrogen-bond acceptors (Lipinski definition) is 4. The van der Waals surface area contributed by atoms with Crippen LogP contribution in [0.15, 0.2) is 68.5 Å². The van der Waals surface area contributed by atoms with Gasteiger partial charge in [-0.25, -0.2) is 4.68 Å². The quantitative estimate of drug-likeness (QED) is 0.518. The number of halogens is 3. The third kappa shape index (κ3) is 4.25. The number of hydrogen-bond donors (Lipinski definition) is 0. The molecule has 0 saturated heterocycles. The molecule has 0 amide bonds. The standard InChI is InChI=1S/C18H14BrF2N3OS/c1-22-18-24(23-10-13-4-2-3-5-15(13)19)16(11-26-18)12-6-8-14(9-7-12)25-17(20)21/h2-11,17H,1H3/b22-18?,23-10-. The fourth-order valence-electron chi connectivity index (χ4n) is 2.27. The van der Waals surface area contributed by atoms with Gasteiger partial charge in [0, 0.05) is 28.0 Å². The van der Waals surface area contributed by atoms with Crippen LogP contribution < -0.4 is 9.54 Å². The Hall–Kier alpha value is -2.32. The first kappa shape index (κ1) is 18.5. The Morgan fingerprint density at radius 1 is 1.15 bits per heavy atom. The summed E-state index contributed by atoms with van der Waals surface area (Å²) in [7, 11) is 1.69. The van der Waals surface area contributed by atoms with Crippen LogP contribution in [0.3, 0.4) is 0 Å². The van der Waals surface area contributed by atoms with Crippen molar-refractivity contribution in [2.24, 2.45) is 10.1 Å². The second-order valence-corrected chi connectivity index (χ2v) is 6.80. The van der Waals surface area contributed by atoms with E-state index >= 15 is 0 Å². The van der Waals surface area contributed by atoms with E-state index < -0.39 is 6.61 Å². The molecule has 0 aliphatic carbocycles. The number of nitrogens with zero attached hydrogens (tertiary/aromatic N) is 3. The summed E-state index contributed by atoms with van der Waals surface area (Å²) in [5.41, 5.74) is 2.56. The van der Waals surface area contributed by atoms with Gasteiger partial charge < -0.3 is 4.74 Å². The number of aromatic nitrogens is 1. The minimum absolute atomic E-state index is 0.114. The maximum Gasteiger partial charge on any atom is 0.387 e. The summed E-state index contributed by atoms with van der Waals surface area (Å²) in [6, 6.07) is 14.2. The van der Waals surface area contributed by atoms with Gasteiger partial charge in [-0.2, -0.15) is 13.9 Å². The van der Waals surface area contributed by atoms with Gasteiger partial charge in [-0.15, -0.1) is 11.3 Å². The van der Waals surface area contributed by atoms with Crippen molar-refractivity contribution in [3.05, 3.63) is 68.7 Å². The van der Waals surface area contributed by atoms with Gasteiger partial charge in [-0.05, 0) is 30.3 Å². The molecule has 0 saturated carbocycles. The van der Waals surface area contributed by atoms with Crippen LogP contribution in [0.1, 0.15) is 5.56 Å². The first-order chi connectivity index (χ1) is 12.6. The van der Waals surface area contributed by atoms with Crippen LogP contribution in [-0.4, -0.2) is 24.5 Å². The maximum absolute atomic E-state index is 12.3. The second-order valence-electron chi connectivity index (χ2n) is 5.11. The van der Waals surface area contributed by atoms with Crippen LogP contribution in [0.4, 0.5) is 8.78 Å². The summed E-state index contributed by atoms with van der Waals surface area (Å²) in [6.45, 7) is -2.84. The van der Waals surface area contributed by atoms with Crippen molar-refractivity contribution >= 4 is 33.5 Å².